The number of aryl methyl sites for hydroxylation is 1. The third-order valence-electron chi connectivity index (χ3n) is 4.01. The standard InChI is InChI=1S/C20H24N2O4/c1-13-4-6-16(15(8-13)11-22-12-19(21)23)17-9-14(10-20(24)26-3)5-7-18(17)25-2/h4-9,22H,10-12H2,1-3H3,(H2,21,23). The Morgan fingerprint density at radius 1 is 1.08 bits per heavy atom. The number of carbonyl (C=O) groups is 2. The zero-order valence-electron chi connectivity index (χ0n) is 15.3. The van der Waals surface area contributed by atoms with Crippen molar-refractivity contribution >= 4 is 11.9 Å². The lowest BCUT2D eigenvalue weighted by Gasteiger charge is -2.16. The second-order valence-electron chi connectivity index (χ2n) is 6.02. The van der Waals surface area contributed by atoms with Crippen LogP contribution in [0, 0.1) is 6.92 Å². The molecule has 0 aliphatic rings. The first-order valence-electron chi connectivity index (χ1n) is 8.27. The molecular weight excluding hydrogens is 332 g/mol. The summed E-state index contributed by atoms with van der Waals surface area (Å²) in [5, 5.41) is 3.04. The van der Waals surface area contributed by atoms with E-state index in [1.165, 1.54) is 7.11 Å². The first kappa shape index (κ1) is 19.5. The minimum Gasteiger partial charge on any atom is -0.496 e. The van der Waals surface area contributed by atoms with Gasteiger partial charge in [-0.2, -0.15) is 0 Å². The maximum atomic E-state index is 11.6. The van der Waals surface area contributed by atoms with Crippen LogP contribution < -0.4 is 15.8 Å². The molecule has 2 aromatic rings. The second kappa shape index (κ2) is 9.01. The average molecular weight is 356 g/mol. The van der Waals surface area contributed by atoms with Gasteiger partial charge in [0.2, 0.25) is 5.91 Å². The van der Waals surface area contributed by atoms with Gasteiger partial charge >= 0.3 is 5.97 Å². The minimum absolute atomic E-state index is 0.104. The van der Waals surface area contributed by atoms with Gasteiger partial charge < -0.3 is 20.5 Å². The highest BCUT2D eigenvalue weighted by molar-refractivity contribution is 5.78. The first-order chi connectivity index (χ1) is 12.4. The van der Waals surface area contributed by atoms with E-state index in [1.807, 2.05) is 37.3 Å². The van der Waals surface area contributed by atoms with E-state index in [4.69, 9.17) is 15.2 Å². The van der Waals surface area contributed by atoms with Gasteiger partial charge in [-0.25, -0.2) is 0 Å². The van der Waals surface area contributed by atoms with Crippen molar-refractivity contribution < 1.29 is 19.1 Å². The Kier molecular flexibility index (Phi) is 6.74. The van der Waals surface area contributed by atoms with E-state index in [9.17, 15) is 9.59 Å². The molecule has 2 aromatic carbocycles. The van der Waals surface area contributed by atoms with Crippen molar-refractivity contribution in [2.75, 3.05) is 20.8 Å². The minimum atomic E-state index is -0.406. The number of rotatable bonds is 8. The normalized spacial score (nSPS) is 10.4. The van der Waals surface area contributed by atoms with Crippen LogP contribution in [0.15, 0.2) is 36.4 Å². The first-order valence-corrected chi connectivity index (χ1v) is 8.27. The third-order valence-corrected chi connectivity index (χ3v) is 4.01. The van der Waals surface area contributed by atoms with E-state index in [1.54, 1.807) is 7.11 Å². The SMILES string of the molecule is COC(=O)Cc1ccc(OC)c(-c2ccc(C)cc2CNCC(N)=O)c1. The maximum Gasteiger partial charge on any atom is 0.309 e. The molecule has 138 valence electrons. The third kappa shape index (κ3) is 5.07. The molecule has 0 aromatic heterocycles. The van der Waals surface area contributed by atoms with E-state index in [0.717, 1.165) is 27.8 Å². The maximum absolute atomic E-state index is 11.6. The molecule has 0 radical (unpaired) electrons. The van der Waals surface area contributed by atoms with Crippen LogP contribution in [0.2, 0.25) is 0 Å². The Labute approximate surface area is 153 Å². The quantitative estimate of drug-likeness (QED) is 0.706. The topological polar surface area (TPSA) is 90.7 Å². The number of ether oxygens (including phenoxy) is 2. The summed E-state index contributed by atoms with van der Waals surface area (Å²) in [5.74, 6) is 0.00357. The molecule has 0 saturated heterocycles. The molecular formula is C20H24N2O4. The number of hydrogen-bond donors (Lipinski definition) is 2. The molecule has 0 aliphatic heterocycles. The van der Waals surface area contributed by atoms with Crippen LogP contribution in [0.25, 0.3) is 11.1 Å². The molecule has 0 aliphatic carbocycles. The molecule has 0 heterocycles. The van der Waals surface area contributed by atoms with Crippen LogP contribution >= 0.6 is 0 Å². The molecule has 0 atom stereocenters. The number of benzene rings is 2. The Morgan fingerprint density at radius 3 is 2.50 bits per heavy atom. The predicted molar refractivity (Wildman–Crippen MR) is 99.8 cm³/mol. The van der Waals surface area contributed by atoms with E-state index in [0.29, 0.717) is 12.3 Å². The van der Waals surface area contributed by atoms with Crippen molar-refractivity contribution in [3.63, 3.8) is 0 Å². The van der Waals surface area contributed by atoms with Gasteiger partial charge in [-0.05, 0) is 35.7 Å². The van der Waals surface area contributed by atoms with Gasteiger partial charge in [0.05, 0.1) is 27.2 Å². The Hall–Kier alpha value is -2.86. The molecule has 3 N–H and O–H groups in total. The van der Waals surface area contributed by atoms with Gasteiger partial charge in [0.25, 0.3) is 0 Å². The lowest BCUT2D eigenvalue weighted by atomic mass is 9.95. The summed E-state index contributed by atoms with van der Waals surface area (Å²) in [6.07, 6.45) is 0.189. The summed E-state index contributed by atoms with van der Waals surface area (Å²) < 4.78 is 10.3. The lowest BCUT2D eigenvalue weighted by molar-refractivity contribution is -0.139. The van der Waals surface area contributed by atoms with Crippen molar-refractivity contribution in [2.24, 2.45) is 5.73 Å². The molecule has 1 amide bonds. The van der Waals surface area contributed by atoms with Gasteiger partial charge in [0.1, 0.15) is 5.75 Å². The van der Waals surface area contributed by atoms with Gasteiger partial charge in [-0.1, -0.05) is 29.8 Å². The average Bonchev–Trinajstić information content (AvgIpc) is 2.61. The summed E-state index contributed by atoms with van der Waals surface area (Å²) in [7, 11) is 2.98. The van der Waals surface area contributed by atoms with Gasteiger partial charge in [0.15, 0.2) is 0 Å². The van der Waals surface area contributed by atoms with Crippen LogP contribution in [0.3, 0.4) is 0 Å². The highest BCUT2D eigenvalue weighted by Crippen LogP contribution is 2.34. The summed E-state index contributed by atoms with van der Waals surface area (Å²) in [5.41, 5.74) is 10.0. The number of nitrogens with two attached hydrogens (primary N) is 1. The largest absolute Gasteiger partial charge is 0.496 e. The number of carbonyl (C=O) groups excluding carboxylic acids is 2. The van der Waals surface area contributed by atoms with Crippen LogP contribution in [0.1, 0.15) is 16.7 Å². The zero-order chi connectivity index (χ0) is 19.1. The number of hydrogen-bond acceptors (Lipinski definition) is 5. The summed E-state index contributed by atoms with van der Waals surface area (Å²) in [4.78, 5) is 22.6. The highest BCUT2D eigenvalue weighted by Gasteiger charge is 2.13. The Balaban J connectivity index is 2.43. The number of methoxy groups -OCH3 is 2. The van der Waals surface area contributed by atoms with Gasteiger partial charge in [-0.3, -0.25) is 9.59 Å². The van der Waals surface area contributed by atoms with Crippen LogP contribution in [-0.4, -0.2) is 32.6 Å². The van der Waals surface area contributed by atoms with E-state index in [2.05, 4.69) is 11.4 Å². The fraction of sp³-hybridized carbons (Fsp3) is 0.300. The van der Waals surface area contributed by atoms with Crippen molar-refractivity contribution in [2.45, 2.75) is 19.9 Å². The van der Waals surface area contributed by atoms with E-state index >= 15 is 0 Å². The van der Waals surface area contributed by atoms with E-state index < -0.39 is 5.91 Å². The Morgan fingerprint density at radius 2 is 1.85 bits per heavy atom. The van der Waals surface area contributed by atoms with Crippen LogP contribution in [0.5, 0.6) is 5.75 Å². The number of esters is 1. The number of primary amides is 1. The van der Waals surface area contributed by atoms with Crippen molar-refractivity contribution in [3.05, 3.63) is 53.1 Å². The molecule has 0 unspecified atom stereocenters. The lowest BCUT2D eigenvalue weighted by Crippen LogP contribution is -2.28. The van der Waals surface area contributed by atoms with Gasteiger partial charge in [-0.15, -0.1) is 0 Å². The summed E-state index contributed by atoms with van der Waals surface area (Å²) in [6, 6.07) is 11.7. The van der Waals surface area contributed by atoms with Crippen molar-refractivity contribution in [1.29, 1.82) is 0 Å². The number of nitrogens with one attached hydrogen (secondary N) is 1. The molecule has 6 heteroatoms. The van der Waals surface area contributed by atoms with E-state index in [-0.39, 0.29) is 18.9 Å². The fourth-order valence-electron chi connectivity index (χ4n) is 2.77. The molecule has 26 heavy (non-hydrogen) atoms. The van der Waals surface area contributed by atoms with Crippen molar-refractivity contribution in [3.8, 4) is 16.9 Å². The molecule has 0 bridgehead atoms. The molecule has 6 nitrogen and oxygen atoms in total. The predicted octanol–water partition coefficient (Wildman–Crippen LogP) is 1.96. The van der Waals surface area contributed by atoms with Crippen LogP contribution in [0.4, 0.5) is 0 Å². The van der Waals surface area contributed by atoms with Gasteiger partial charge in [0, 0.05) is 12.1 Å². The molecule has 0 fully saturated rings. The fourth-order valence-corrected chi connectivity index (χ4v) is 2.77. The smallest absolute Gasteiger partial charge is 0.309 e. The zero-order valence-corrected chi connectivity index (χ0v) is 15.3. The van der Waals surface area contributed by atoms with Crippen LogP contribution in [-0.2, 0) is 27.3 Å². The summed E-state index contributed by atoms with van der Waals surface area (Å²) in [6.45, 7) is 2.60. The second-order valence-corrected chi connectivity index (χ2v) is 6.02. The Bertz CT molecular complexity index is 802. The summed E-state index contributed by atoms with van der Waals surface area (Å²) >= 11 is 0. The highest BCUT2D eigenvalue weighted by atomic mass is 16.5. The monoisotopic (exact) mass is 356 g/mol. The van der Waals surface area contributed by atoms with Crippen molar-refractivity contribution in [1.82, 2.24) is 5.32 Å². The molecule has 0 spiro atoms. The molecule has 2 rings (SSSR count). The number of amides is 1. The molecule has 0 saturated carbocycles.